The Morgan fingerprint density at radius 2 is 1.83 bits per heavy atom. The van der Waals surface area contributed by atoms with Crippen molar-refractivity contribution in [1.29, 1.82) is 0 Å². The molecule has 1 N–H and O–H groups in total. The highest BCUT2D eigenvalue weighted by atomic mass is 32.1. The van der Waals surface area contributed by atoms with Gasteiger partial charge in [-0.2, -0.15) is 0 Å². The monoisotopic (exact) mass is 522 g/mol. The van der Waals surface area contributed by atoms with Crippen molar-refractivity contribution in [2.75, 3.05) is 51.8 Å². The first-order valence-electron chi connectivity index (χ1n) is 12.9. The van der Waals surface area contributed by atoms with E-state index in [-0.39, 0.29) is 48.5 Å². The lowest BCUT2D eigenvalue weighted by molar-refractivity contribution is -0.151. The number of ether oxygens (including phenoxy) is 2. The second-order valence-corrected chi connectivity index (χ2v) is 10.2. The van der Waals surface area contributed by atoms with Crippen LogP contribution in [0.4, 0.5) is 5.13 Å². The van der Waals surface area contributed by atoms with Gasteiger partial charge in [0.25, 0.3) is 0 Å². The maximum absolute atomic E-state index is 13.0. The number of nitrogens with one attached hydrogen (secondary N) is 1. The summed E-state index contributed by atoms with van der Waals surface area (Å²) in [5.41, 5.74) is 0.585. The van der Waals surface area contributed by atoms with E-state index in [1.807, 2.05) is 0 Å². The zero-order valence-electron chi connectivity index (χ0n) is 21.3. The number of thiazole rings is 1. The molecule has 1 saturated carbocycles. The zero-order chi connectivity index (χ0) is 25.9. The van der Waals surface area contributed by atoms with Crippen molar-refractivity contribution in [3.8, 4) is 0 Å². The van der Waals surface area contributed by atoms with E-state index in [9.17, 15) is 19.2 Å². The predicted molar refractivity (Wildman–Crippen MR) is 135 cm³/mol. The molecule has 36 heavy (non-hydrogen) atoms. The van der Waals surface area contributed by atoms with Crippen LogP contribution in [0.1, 0.15) is 57.6 Å². The number of carbonyl (C=O) groups excluding carboxylic acids is 4. The average Bonchev–Trinajstić information content (AvgIpc) is 3.33. The van der Waals surface area contributed by atoms with Crippen LogP contribution < -0.4 is 5.32 Å². The van der Waals surface area contributed by atoms with Gasteiger partial charge >= 0.3 is 5.97 Å². The summed E-state index contributed by atoms with van der Waals surface area (Å²) in [5.74, 6) is -0.718. The minimum absolute atomic E-state index is 0.0130. The summed E-state index contributed by atoms with van der Waals surface area (Å²) < 4.78 is 10.2. The van der Waals surface area contributed by atoms with Gasteiger partial charge < -0.3 is 24.6 Å². The Kier molecular flexibility index (Phi) is 11.1. The van der Waals surface area contributed by atoms with E-state index in [0.29, 0.717) is 56.5 Å². The first-order chi connectivity index (χ1) is 17.4. The van der Waals surface area contributed by atoms with E-state index >= 15 is 0 Å². The number of methoxy groups -OCH3 is 1. The Morgan fingerprint density at radius 1 is 1.11 bits per heavy atom. The first kappa shape index (κ1) is 28.0. The Hall–Kier alpha value is -2.53. The average molecular weight is 523 g/mol. The molecule has 0 atom stereocenters. The van der Waals surface area contributed by atoms with Crippen LogP contribution in [-0.4, -0.2) is 85.0 Å². The molecular weight excluding hydrogens is 484 g/mol. The molecule has 1 aromatic rings. The topological polar surface area (TPSA) is 118 Å². The number of esters is 1. The summed E-state index contributed by atoms with van der Waals surface area (Å²) >= 11 is 1.25. The highest BCUT2D eigenvalue weighted by molar-refractivity contribution is 7.13. The van der Waals surface area contributed by atoms with Crippen molar-refractivity contribution >= 4 is 40.2 Å². The summed E-state index contributed by atoms with van der Waals surface area (Å²) in [5, 5.41) is 4.93. The van der Waals surface area contributed by atoms with Crippen LogP contribution >= 0.6 is 11.3 Å². The SMILES string of the molecule is CCOC(=O)C1CCN(C(=O)Cc2csc(NC(=O)CN(CCOC)C(=O)C3CCCCC3)n2)CC1. The standard InChI is InChI=1S/C25H38N4O6S/c1-3-35-24(33)19-9-11-28(12-10-19)22(31)15-20-17-36-25(26-20)27-21(30)16-29(13-14-34-2)23(32)18-7-5-4-6-8-18/h17-19H,3-16H2,1-2H3,(H,26,27,30). The molecule has 11 heteroatoms. The number of rotatable bonds is 11. The molecule has 0 unspecified atom stereocenters. The molecular formula is C25H38N4O6S. The van der Waals surface area contributed by atoms with Gasteiger partial charge in [0, 0.05) is 38.0 Å². The van der Waals surface area contributed by atoms with Crippen LogP contribution in [-0.2, 0) is 35.1 Å². The van der Waals surface area contributed by atoms with Gasteiger partial charge in [-0.3, -0.25) is 19.2 Å². The molecule has 1 saturated heterocycles. The maximum atomic E-state index is 13.0. The highest BCUT2D eigenvalue weighted by Gasteiger charge is 2.29. The van der Waals surface area contributed by atoms with Gasteiger partial charge in [0.2, 0.25) is 17.7 Å². The number of hydrogen-bond acceptors (Lipinski definition) is 8. The molecule has 0 spiro atoms. The van der Waals surface area contributed by atoms with Crippen LogP contribution in [0, 0.1) is 11.8 Å². The summed E-state index contributed by atoms with van der Waals surface area (Å²) in [4.78, 5) is 58.0. The number of amides is 3. The maximum Gasteiger partial charge on any atom is 0.309 e. The van der Waals surface area contributed by atoms with Crippen molar-refractivity contribution in [2.24, 2.45) is 11.8 Å². The predicted octanol–water partition coefficient (Wildman–Crippen LogP) is 2.48. The minimum Gasteiger partial charge on any atom is -0.466 e. The molecule has 3 rings (SSSR count). The molecule has 1 aliphatic heterocycles. The van der Waals surface area contributed by atoms with E-state index < -0.39 is 0 Å². The third-order valence-electron chi connectivity index (χ3n) is 6.76. The van der Waals surface area contributed by atoms with E-state index in [1.54, 1.807) is 29.2 Å². The van der Waals surface area contributed by atoms with Crippen LogP contribution in [0.3, 0.4) is 0 Å². The van der Waals surface area contributed by atoms with Gasteiger partial charge in [0.1, 0.15) is 6.54 Å². The van der Waals surface area contributed by atoms with Crippen molar-refractivity contribution in [3.63, 3.8) is 0 Å². The molecule has 3 amide bonds. The molecule has 0 aromatic carbocycles. The molecule has 0 radical (unpaired) electrons. The van der Waals surface area contributed by atoms with Crippen LogP contribution in [0.15, 0.2) is 5.38 Å². The summed E-state index contributed by atoms with van der Waals surface area (Å²) in [7, 11) is 1.57. The van der Waals surface area contributed by atoms with Crippen LogP contribution in [0.2, 0.25) is 0 Å². The summed E-state index contributed by atoms with van der Waals surface area (Å²) in [6, 6.07) is 0. The highest BCUT2D eigenvalue weighted by Crippen LogP contribution is 2.26. The minimum atomic E-state index is -0.316. The first-order valence-corrected chi connectivity index (χ1v) is 13.8. The normalized spacial score (nSPS) is 17.0. The molecule has 1 aliphatic carbocycles. The quantitative estimate of drug-likeness (QED) is 0.444. The molecule has 2 heterocycles. The second kappa shape index (κ2) is 14.3. The number of piperidine rings is 1. The van der Waals surface area contributed by atoms with Crippen LogP contribution in [0.5, 0.6) is 0 Å². The van der Waals surface area contributed by atoms with Gasteiger partial charge in [-0.15, -0.1) is 11.3 Å². The molecule has 1 aromatic heterocycles. The van der Waals surface area contributed by atoms with Gasteiger partial charge in [-0.25, -0.2) is 4.98 Å². The number of likely N-dealkylation sites (tertiary alicyclic amines) is 1. The Morgan fingerprint density at radius 3 is 2.50 bits per heavy atom. The van der Waals surface area contributed by atoms with Gasteiger partial charge in [0.05, 0.1) is 31.2 Å². The summed E-state index contributed by atoms with van der Waals surface area (Å²) in [6.45, 7) is 3.86. The third-order valence-corrected chi connectivity index (χ3v) is 7.57. The number of aromatic nitrogens is 1. The zero-order valence-corrected chi connectivity index (χ0v) is 22.1. The molecule has 200 valence electrons. The fourth-order valence-electron chi connectivity index (χ4n) is 4.75. The molecule has 2 aliphatic rings. The smallest absolute Gasteiger partial charge is 0.309 e. The molecule has 0 bridgehead atoms. The number of carbonyl (C=O) groups is 4. The van der Waals surface area contributed by atoms with Crippen LogP contribution in [0.25, 0.3) is 0 Å². The van der Waals surface area contributed by atoms with Crippen molar-refractivity contribution in [2.45, 2.75) is 58.3 Å². The number of hydrogen-bond donors (Lipinski definition) is 1. The number of nitrogens with zero attached hydrogens (tertiary/aromatic N) is 3. The van der Waals surface area contributed by atoms with E-state index in [0.717, 1.165) is 32.1 Å². The largest absolute Gasteiger partial charge is 0.466 e. The van der Waals surface area contributed by atoms with Gasteiger partial charge in [0.15, 0.2) is 5.13 Å². The molecule has 2 fully saturated rings. The van der Waals surface area contributed by atoms with E-state index in [4.69, 9.17) is 9.47 Å². The van der Waals surface area contributed by atoms with Crippen molar-refractivity contribution in [3.05, 3.63) is 11.1 Å². The summed E-state index contributed by atoms with van der Waals surface area (Å²) in [6.07, 6.45) is 6.32. The molecule has 10 nitrogen and oxygen atoms in total. The van der Waals surface area contributed by atoms with Gasteiger partial charge in [-0.1, -0.05) is 19.3 Å². The second-order valence-electron chi connectivity index (χ2n) is 9.36. The Labute approximate surface area is 216 Å². The Bertz CT molecular complexity index is 893. The van der Waals surface area contributed by atoms with E-state index in [1.165, 1.54) is 11.3 Å². The fraction of sp³-hybridized carbons (Fsp3) is 0.720. The lowest BCUT2D eigenvalue weighted by atomic mass is 9.88. The third kappa shape index (κ3) is 8.26. The van der Waals surface area contributed by atoms with Crippen molar-refractivity contribution < 1.29 is 28.7 Å². The Balaban J connectivity index is 1.47. The van der Waals surface area contributed by atoms with Gasteiger partial charge in [-0.05, 0) is 32.6 Å². The fourth-order valence-corrected chi connectivity index (χ4v) is 5.47. The lowest BCUT2D eigenvalue weighted by Gasteiger charge is -2.30. The lowest BCUT2D eigenvalue weighted by Crippen LogP contribution is -2.43. The van der Waals surface area contributed by atoms with Crippen molar-refractivity contribution in [1.82, 2.24) is 14.8 Å². The van der Waals surface area contributed by atoms with E-state index in [2.05, 4.69) is 10.3 Å². The number of anilines is 1.